The number of fused-ring (bicyclic) bond motifs is 1. The van der Waals surface area contributed by atoms with E-state index >= 15 is 0 Å². The van der Waals surface area contributed by atoms with E-state index in [1.54, 1.807) is 24.5 Å². The lowest BCUT2D eigenvalue weighted by atomic mass is 9.88. The number of nitrogens with zero attached hydrogens (tertiary/aromatic N) is 2. The molecule has 1 N–H and O–H groups in total. The highest BCUT2D eigenvalue weighted by Gasteiger charge is 2.24. The average Bonchev–Trinajstić information content (AvgIpc) is 3.55. The van der Waals surface area contributed by atoms with Crippen molar-refractivity contribution in [3.8, 4) is 0 Å². The Morgan fingerprint density at radius 1 is 0.972 bits per heavy atom. The Balaban J connectivity index is 1.56. The highest BCUT2D eigenvalue weighted by atomic mass is 16.6. The maximum absolute atomic E-state index is 13.0. The number of aromatic nitrogens is 1. The second kappa shape index (κ2) is 10.3. The molecule has 0 saturated heterocycles. The van der Waals surface area contributed by atoms with Crippen molar-refractivity contribution in [1.82, 2.24) is 9.88 Å². The first kappa shape index (κ1) is 23.1. The van der Waals surface area contributed by atoms with E-state index in [1.165, 1.54) is 6.07 Å². The minimum Gasteiger partial charge on any atom is -0.467 e. The fourth-order valence-corrected chi connectivity index (χ4v) is 4.56. The largest absolute Gasteiger partial charge is 0.467 e. The van der Waals surface area contributed by atoms with Crippen LogP contribution in [0.4, 0.5) is 5.69 Å². The lowest BCUT2D eigenvalue weighted by molar-refractivity contribution is -0.384. The molecule has 0 unspecified atom stereocenters. The van der Waals surface area contributed by atoms with Crippen LogP contribution < -0.4 is 5.32 Å². The number of amides is 1. The van der Waals surface area contributed by atoms with Crippen LogP contribution in [-0.4, -0.2) is 15.4 Å². The Morgan fingerprint density at radius 2 is 1.72 bits per heavy atom. The Hall–Kier alpha value is -4.65. The van der Waals surface area contributed by atoms with E-state index < -0.39 is 0 Å². The lowest BCUT2D eigenvalue weighted by Crippen LogP contribution is -2.24. The topological polar surface area (TPSA) is 90.3 Å². The molecule has 36 heavy (non-hydrogen) atoms. The van der Waals surface area contributed by atoms with Crippen molar-refractivity contribution in [1.29, 1.82) is 0 Å². The van der Waals surface area contributed by atoms with Gasteiger partial charge in [0.1, 0.15) is 5.76 Å². The van der Waals surface area contributed by atoms with Crippen molar-refractivity contribution >= 4 is 22.5 Å². The van der Waals surface area contributed by atoms with Gasteiger partial charge < -0.3 is 14.3 Å². The van der Waals surface area contributed by atoms with Gasteiger partial charge in [0.25, 0.3) is 5.69 Å². The molecular formula is C29H25N3O4. The monoisotopic (exact) mass is 479 g/mol. The van der Waals surface area contributed by atoms with Crippen LogP contribution >= 0.6 is 0 Å². The first-order valence-electron chi connectivity index (χ1n) is 11.7. The zero-order chi connectivity index (χ0) is 24.9. The number of rotatable bonds is 9. The number of carbonyl (C=O) groups is 1. The minimum atomic E-state index is -0.384. The predicted molar refractivity (Wildman–Crippen MR) is 138 cm³/mol. The van der Waals surface area contributed by atoms with Crippen molar-refractivity contribution in [2.24, 2.45) is 0 Å². The quantitative estimate of drug-likeness (QED) is 0.206. The van der Waals surface area contributed by atoms with E-state index in [-0.39, 0.29) is 28.9 Å². The molecule has 0 saturated carbocycles. The number of carbonyl (C=O) groups excluding carboxylic acids is 1. The van der Waals surface area contributed by atoms with Crippen molar-refractivity contribution in [2.75, 3.05) is 0 Å². The van der Waals surface area contributed by atoms with Gasteiger partial charge in [0.15, 0.2) is 0 Å². The number of nitro benzene ring substituents is 1. The van der Waals surface area contributed by atoms with Gasteiger partial charge in [-0.2, -0.15) is 0 Å². The zero-order valence-electron chi connectivity index (χ0n) is 19.5. The number of benzene rings is 3. The molecule has 0 radical (unpaired) electrons. The maximum atomic E-state index is 13.0. The highest BCUT2D eigenvalue weighted by molar-refractivity contribution is 5.88. The molecule has 7 heteroatoms. The minimum absolute atomic E-state index is 0.0234. The van der Waals surface area contributed by atoms with E-state index in [4.69, 9.17) is 4.42 Å². The van der Waals surface area contributed by atoms with Gasteiger partial charge in [0, 0.05) is 48.1 Å². The average molecular weight is 480 g/mol. The number of hydrogen-bond donors (Lipinski definition) is 1. The van der Waals surface area contributed by atoms with E-state index in [0.717, 1.165) is 27.6 Å². The fraction of sp³-hybridized carbons (Fsp3) is 0.138. The molecule has 0 aliphatic heterocycles. The number of non-ortho nitro benzene ring substituents is 1. The Kier molecular flexibility index (Phi) is 6.62. The van der Waals surface area contributed by atoms with Gasteiger partial charge >= 0.3 is 0 Å². The van der Waals surface area contributed by atoms with Crippen LogP contribution in [0.2, 0.25) is 0 Å². The normalized spacial score (nSPS) is 11.9. The second-order valence-electron chi connectivity index (χ2n) is 8.68. The summed E-state index contributed by atoms with van der Waals surface area (Å²) in [4.78, 5) is 24.2. The molecule has 7 nitrogen and oxygen atoms in total. The summed E-state index contributed by atoms with van der Waals surface area (Å²) in [5.74, 6) is 0.258. The summed E-state index contributed by atoms with van der Waals surface area (Å²) >= 11 is 0. The van der Waals surface area contributed by atoms with Gasteiger partial charge in [-0.15, -0.1) is 0 Å². The Morgan fingerprint density at radius 3 is 2.42 bits per heavy atom. The number of nitro groups is 1. The molecule has 1 atom stereocenters. The first-order valence-corrected chi connectivity index (χ1v) is 11.7. The molecule has 0 fully saturated rings. The van der Waals surface area contributed by atoms with Crippen molar-refractivity contribution < 1.29 is 14.1 Å². The molecule has 2 heterocycles. The van der Waals surface area contributed by atoms with Crippen LogP contribution in [0.1, 0.15) is 34.8 Å². The molecule has 5 rings (SSSR count). The third-order valence-electron chi connectivity index (χ3n) is 6.31. The van der Waals surface area contributed by atoms with E-state index in [1.807, 2.05) is 72.9 Å². The fourth-order valence-electron chi connectivity index (χ4n) is 4.56. The molecule has 3 aromatic carbocycles. The van der Waals surface area contributed by atoms with Crippen LogP contribution in [0.15, 0.2) is 108 Å². The summed E-state index contributed by atoms with van der Waals surface area (Å²) in [5.41, 5.74) is 3.87. The number of furan rings is 1. The number of nitrogens with one attached hydrogen (secondary N) is 1. The second-order valence-corrected chi connectivity index (χ2v) is 8.68. The van der Waals surface area contributed by atoms with E-state index in [9.17, 15) is 14.9 Å². The third-order valence-corrected chi connectivity index (χ3v) is 6.31. The SMILES string of the molecule is O=C(C[C@@H](c1ccccc1)c1cn(Cc2ccccc2)c2ccc([N+](=O)[O-])cc12)NCc1ccco1. The summed E-state index contributed by atoms with van der Waals surface area (Å²) in [6.07, 6.45) is 3.79. The van der Waals surface area contributed by atoms with Crippen LogP contribution in [0.25, 0.3) is 10.9 Å². The lowest BCUT2D eigenvalue weighted by Gasteiger charge is -2.17. The van der Waals surface area contributed by atoms with Gasteiger partial charge in [-0.25, -0.2) is 0 Å². The maximum Gasteiger partial charge on any atom is 0.270 e. The van der Waals surface area contributed by atoms with Gasteiger partial charge in [-0.05, 0) is 34.9 Å². The standard InChI is InChI=1S/C29H25N3O4/c33-29(30-18-24-12-7-15-36-24)17-25(22-10-5-2-6-11-22)27-20-31(19-21-8-3-1-4-9-21)28-14-13-23(32(34)35)16-26(27)28/h1-16,20,25H,17-19H2,(H,30,33)/t25-/m0/s1. The van der Waals surface area contributed by atoms with Gasteiger partial charge in [-0.3, -0.25) is 14.9 Å². The molecule has 0 bridgehead atoms. The smallest absolute Gasteiger partial charge is 0.270 e. The highest BCUT2D eigenvalue weighted by Crippen LogP contribution is 2.36. The summed E-state index contributed by atoms with van der Waals surface area (Å²) in [6.45, 7) is 0.913. The van der Waals surface area contributed by atoms with E-state index in [2.05, 4.69) is 9.88 Å². The molecule has 0 aliphatic carbocycles. The summed E-state index contributed by atoms with van der Waals surface area (Å²) < 4.78 is 7.43. The summed E-state index contributed by atoms with van der Waals surface area (Å²) in [6, 6.07) is 28.4. The molecule has 2 aromatic heterocycles. The van der Waals surface area contributed by atoms with Crippen LogP contribution in [0, 0.1) is 10.1 Å². The van der Waals surface area contributed by atoms with Crippen molar-refractivity contribution in [3.05, 3.63) is 136 Å². The van der Waals surface area contributed by atoms with Crippen LogP contribution in [-0.2, 0) is 17.9 Å². The Labute approximate surface area is 208 Å². The predicted octanol–water partition coefficient (Wildman–Crippen LogP) is 6.03. The van der Waals surface area contributed by atoms with Crippen LogP contribution in [0.3, 0.4) is 0 Å². The summed E-state index contributed by atoms with van der Waals surface area (Å²) in [5, 5.41) is 15.3. The zero-order valence-corrected chi connectivity index (χ0v) is 19.5. The summed E-state index contributed by atoms with van der Waals surface area (Å²) in [7, 11) is 0. The molecule has 180 valence electrons. The molecule has 0 spiro atoms. The number of hydrogen-bond acceptors (Lipinski definition) is 4. The molecule has 0 aliphatic rings. The van der Waals surface area contributed by atoms with Crippen molar-refractivity contribution in [3.63, 3.8) is 0 Å². The third kappa shape index (κ3) is 5.05. The molecular weight excluding hydrogens is 454 g/mol. The van der Waals surface area contributed by atoms with Gasteiger partial charge in [0.05, 0.1) is 17.7 Å². The molecule has 5 aromatic rings. The molecule has 1 amide bonds. The van der Waals surface area contributed by atoms with Gasteiger partial charge in [-0.1, -0.05) is 60.7 Å². The van der Waals surface area contributed by atoms with Gasteiger partial charge in [0.2, 0.25) is 5.91 Å². The Bertz CT molecular complexity index is 1480. The van der Waals surface area contributed by atoms with Crippen molar-refractivity contribution in [2.45, 2.75) is 25.4 Å². The van der Waals surface area contributed by atoms with Crippen LogP contribution in [0.5, 0.6) is 0 Å². The van der Waals surface area contributed by atoms with E-state index in [0.29, 0.717) is 18.8 Å². The first-order chi connectivity index (χ1) is 17.6.